The molecule has 10 rings (SSSR count). The molecule has 10 aromatic rings. The number of hydrogen-bond donors (Lipinski definition) is 0. The highest BCUT2D eigenvalue weighted by Gasteiger charge is 2.18. The molecule has 0 unspecified atom stereocenters. The Bertz CT molecular complexity index is 2770. The van der Waals surface area contributed by atoms with E-state index in [1.807, 2.05) is 42.5 Å². The first-order chi connectivity index (χ1) is 24.2. The SMILES string of the molecule is c1ccc(-c2nc(-c3ccc(-c4nc5ccccc5s4)cc3)nc(-c3cccc4sc5cc(-c6nc7ccccc7s6)ccc5c34)n2)cc1. The zero-order chi connectivity index (χ0) is 32.3. The summed E-state index contributed by atoms with van der Waals surface area (Å²) < 4.78 is 4.78. The number of hydrogen-bond acceptors (Lipinski definition) is 8. The van der Waals surface area contributed by atoms with E-state index in [9.17, 15) is 0 Å². The molecule has 0 spiro atoms. The van der Waals surface area contributed by atoms with E-state index in [1.165, 1.54) is 24.2 Å². The molecule has 0 bridgehead atoms. The van der Waals surface area contributed by atoms with E-state index in [0.29, 0.717) is 17.5 Å². The second-order valence-electron chi connectivity index (χ2n) is 11.7. The summed E-state index contributed by atoms with van der Waals surface area (Å²) in [5.74, 6) is 1.93. The molecule has 6 aromatic carbocycles. The number of rotatable bonds is 5. The molecule has 230 valence electrons. The average molecular weight is 682 g/mol. The molecule has 0 amide bonds. The lowest BCUT2D eigenvalue weighted by atomic mass is 10.0. The maximum Gasteiger partial charge on any atom is 0.164 e. The molecule has 0 atom stereocenters. The lowest BCUT2D eigenvalue weighted by molar-refractivity contribution is 1.08. The standard InChI is InChI=1S/C41H23N5S3/c1-2-9-24(10-3-1)37-44-38(25-17-19-26(20-18-25)40-42-30-12-4-6-14-32(30)48-40)46-39(45-37)29-11-8-16-34-36(29)28-22-21-27(23-35(28)47-34)41-43-31-13-5-7-15-33(31)49-41/h1-23H. The van der Waals surface area contributed by atoms with Crippen LogP contribution in [0.3, 0.4) is 0 Å². The third-order valence-electron chi connectivity index (χ3n) is 8.63. The first-order valence-electron chi connectivity index (χ1n) is 15.8. The maximum atomic E-state index is 5.12. The number of thiophene rings is 1. The molecule has 49 heavy (non-hydrogen) atoms. The lowest BCUT2D eigenvalue weighted by Gasteiger charge is -2.10. The van der Waals surface area contributed by atoms with E-state index in [4.69, 9.17) is 24.9 Å². The summed E-state index contributed by atoms with van der Waals surface area (Å²) in [4.78, 5) is 25.0. The molecular formula is C41H23N5S3. The van der Waals surface area contributed by atoms with Crippen LogP contribution in [-0.4, -0.2) is 24.9 Å². The first-order valence-corrected chi connectivity index (χ1v) is 18.3. The minimum absolute atomic E-state index is 0.634. The van der Waals surface area contributed by atoms with Crippen LogP contribution in [0, 0.1) is 0 Å². The van der Waals surface area contributed by atoms with Crippen LogP contribution in [0.2, 0.25) is 0 Å². The van der Waals surface area contributed by atoms with Gasteiger partial charge in [-0.1, -0.05) is 103 Å². The Kier molecular flexibility index (Phi) is 6.65. The summed E-state index contributed by atoms with van der Waals surface area (Å²) in [6.45, 7) is 0. The maximum absolute atomic E-state index is 5.12. The van der Waals surface area contributed by atoms with Gasteiger partial charge in [0.15, 0.2) is 17.5 Å². The minimum Gasteiger partial charge on any atom is -0.236 e. The van der Waals surface area contributed by atoms with Crippen LogP contribution >= 0.6 is 34.0 Å². The number of thiazole rings is 2. The molecule has 0 saturated heterocycles. The zero-order valence-corrected chi connectivity index (χ0v) is 28.2. The summed E-state index contributed by atoms with van der Waals surface area (Å²) in [7, 11) is 0. The molecule has 4 heterocycles. The number of para-hydroxylation sites is 2. The fraction of sp³-hybridized carbons (Fsp3) is 0. The van der Waals surface area contributed by atoms with Crippen molar-refractivity contribution in [2.75, 3.05) is 0 Å². The van der Waals surface area contributed by atoms with Gasteiger partial charge < -0.3 is 0 Å². The number of fused-ring (bicyclic) bond motifs is 5. The summed E-state index contributed by atoms with van der Waals surface area (Å²) in [6, 6.07) is 48.1. The molecule has 8 heteroatoms. The predicted octanol–water partition coefficient (Wildman–Crippen LogP) is 11.8. The van der Waals surface area contributed by atoms with E-state index < -0.39 is 0 Å². The molecule has 0 fully saturated rings. The Morgan fingerprint density at radius 1 is 0.347 bits per heavy atom. The molecular weight excluding hydrogens is 659 g/mol. The van der Waals surface area contributed by atoms with Crippen molar-refractivity contribution in [3.63, 3.8) is 0 Å². The van der Waals surface area contributed by atoms with Gasteiger partial charge in [-0.25, -0.2) is 24.9 Å². The summed E-state index contributed by atoms with van der Waals surface area (Å²) in [5, 5.41) is 4.37. The van der Waals surface area contributed by atoms with Gasteiger partial charge in [0.05, 0.1) is 20.4 Å². The topological polar surface area (TPSA) is 64.5 Å². The van der Waals surface area contributed by atoms with Crippen molar-refractivity contribution in [3.05, 3.63) is 140 Å². The van der Waals surface area contributed by atoms with Gasteiger partial charge in [0.2, 0.25) is 0 Å². The zero-order valence-electron chi connectivity index (χ0n) is 25.7. The predicted molar refractivity (Wildman–Crippen MR) is 206 cm³/mol. The number of benzene rings is 6. The fourth-order valence-electron chi connectivity index (χ4n) is 6.24. The van der Waals surface area contributed by atoms with Gasteiger partial charge in [-0.05, 0) is 36.4 Å². The van der Waals surface area contributed by atoms with Crippen molar-refractivity contribution >= 4 is 74.6 Å². The van der Waals surface area contributed by atoms with Crippen LogP contribution in [0.1, 0.15) is 0 Å². The molecule has 0 aliphatic rings. The van der Waals surface area contributed by atoms with Crippen LogP contribution in [-0.2, 0) is 0 Å². The van der Waals surface area contributed by atoms with Crippen molar-refractivity contribution in [2.45, 2.75) is 0 Å². The van der Waals surface area contributed by atoms with Gasteiger partial charge in [-0.2, -0.15) is 0 Å². The highest BCUT2D eigenvalue weighted by atomic mass is 32.1. The summed E-state index contributed by atoms with van der Waals surface area (Å²) in [6.07, 6.45) is 0. The fourth-order valence-corrected chi connectivity index (χ4v) is 9.34. The van der Waals surface area contributed by atoms with Crippen LogP contribution in [0.25, 0.3) is 95.9 Å². The van der Waals surface area contributed by atoms with E-state index in [1.54, 1.807) is 34.0 Å². The average Bonchev–Trinajstić information content (AvgIpc) is 3.90. The van der Waals surface area contributed by atoms with Crippen LogP contribution in [0.5, 0.6) is 0 Å². The summed E-state index contributed by atoms with van der Waals surface area (Å²) >= 11 is 5.22. The van der Waals surface area contributed by atoms with E-state index >= 15 is 0 Å². The lowest BCUT2D eigenvalue weighted by Crippen LogP contribution is -2.00. The molecule has 0 radical (unpaired) electrons. The number of aromatic nitrogens is 5. The van der Waals surface area contributed by atoms with Gasteiger partial charge in [-0.15, -0.1) is 34.0 Å². The molecule has 5 nitrogen and oxygen atoms in total. The van der Waals surface area contributed by atoms with Gasteiger partial charge in [0.25, 0.3) is 0 Å². The van der Waals surface area contributed by atoms with Crippen molar-refractivity contribution in [1.29, 1.82) is 0 Å². The Labute approximate surface area is 292 Å². The minimum atomic E-state index is 0.634. The molecule has 0 aliphatic carbocycles. The van der Waals surface area contributed by atoms with Crippen LogP contribution in [0.15, 0.2) is 140 Å². The van der Waals surface area contributed by atoms with E-state index in [0.717, 1.165) is 54.3 Å². The van der Waals surface area contributed by atoms with Gasteiger partial charge >= 0.3 is 0 Å². The smallest absolute Gasteiger partial charge is 0.164 e. The first kappa shape index (κ1) is 28.4. The van der Waals surface area contributed by atoms with Crippen LogP contribution in [0.4, 0.5) is 0 Å². The Morgan fingerprint density at radius 2 is 0.898 bits per heavy atom. The van der Waals surface area contributed by atoms with Crippen LogP contribution < -0.4 is 0 Å². The van der Waals surface area contributed by atoms with Crippen molar-refractivity contribution in [2.24, 2.45) is 0 Å². The molecule has 0 saturated carbocycles. The molecule has 0 N–H and O–H groups in total. The van der Waals surface area contributed by atoms with E-state index in [-0.39, 0.29) is 0 Å². The molecule has 0 aliphatic heterocycles. The monoisotopic (exact) mass is 681 g/mol. The van der Waals surface area contributed by atoms with Crippen molar-refractivity contribution in [1.82, 2.24) is 24.9 Å². The van der Waals surface area contributed by atoms with Gasteiger partial charge in [0.1, 0.15) is 10.0 Å². The van der Waals surface area contributed by atoms with Crippen molar-refractivity contribution in [3.8, 4) is 55.3 Å². The molecule has 4 aromatic heterocycles. The quantitative estimate of drug-likeness (QED) is 0.181. The van der Waals surface area contributed by atoms with Gasteiger partial charge in [-0.3, -0.25) is 0 Å². The Balaban J connectivity index is 1.10. The second kappa shape index (κ2) is 11.5. The summed E-state index contributed by atoms with van der Waals surface area (Å²) in [5.41, 5.74) is 7.11. The third-order valence-corrected chi connectivity index (χ3v) is 11.9. The van der Waals surface area contributed by atoms with Gasteiger partial charge in [0, 0.05) is 48.0 Å². The third kappa shape index (κ3) is 5.00. The number of nitrogens with zero attached hydrogens (tertiary/aromatic N) is 5. The Morgan fingerprint density at radius 3 is 1.59 bits per heavy atom. The second-order valence-corrected chi connectivity index (χ2v) is 14.9. The normalized spacial score (nSPS) is 11.7. The largest absolute Gasteiger partial charge is 0.236 e. The Hall–Kier alpha value is -5.67. The van der Waals surface area contributed by atoms with Crippen molar-refractivity contribution < 1.29 is 0 Å². The highest BCUT2D eigenvalue weighted by molar-refractivity contribution is 7.26. The highest BCUT2D eigenvalue weighted by Crippen LogP contribution is 2.42. The van der Waals surface area contributed by atoms with E-state index in [2.05, 4.69) is 97.1 Å².